The molecule has 130 valence electrons. The Morgan fingerprint density at radius 2 is 1.77 bits per heavy atom. The van der Waals surface area contributed by atoms with Crippen LogP contribution in [0.1, 0.15) is 10.5 Å². The largest absolute Gasteiger partial charge is 0.486 e. The molecule has 0 fully saturated rings. The van der Waals surface area contributed by atoms with Gasteiger partial charge >= 0.3 is 5.69 Å². The number of carbonyl (C=O) groups excluding carboxylic acids is 1. The average Bonchev–Trinajstić information content (AvgIpc) is 2.68. The lowest BCUT2D eigenvalue weighted by atomic mass is 10.1. The number of anilines is 1. The van der Waals surface area contributed by atoms with Gasteiger partial charge in [0.15, 0.2) is 11.5 Å². The Balaban J connectivity index is 1.60. The zero-order valence-electron chi connectivity index (χ0n) is 13.7. The highest BCUT2D eigenvalue weighted by Crippen LogP contribution is 2.32. The third kappa shape index (κ3) is 3.27. The highest BCUT2D eigenvalue weighted by Gasteiger charge is 2.15. The van der Waals surface area contributed by atoms with Crippen molar-refractivity contribution in [2.24, 2.45) is 0 Å². The van der Waals surface area contributed by atoms with Crippen LogP contribution >= 0.6 is 0 Å². The van der Waals surface area contributed by atoms with Crippen molar-refractivity contribution in [2.45, 2.75) is 0 Å². The first-order valence-electron chi connectivity index (χ1n) is 8.07. The molecule has 7 nitrogen and oxygen atoms in total. The van der Waals surface area contributed by atoms with Crippen molar-refractivity contribution in [3.05, 3.63) is 70.8 Å². The zero-order valence-corrected chi connectivity index (χ0v) is 13.7. The van der Waals surface area contributed by atoms with Gasteiger partial charge in [-0.2, -0.15) is 4.98 Å². The Kier molecular flexibility index (Phi) is 4.10. The van der Waals surface area contributed by atoms with E-state index >= 15 is 0 Å². The summed E-state index contributed by atoms with van der Waals surface area (Å²) in [4.78, 5) is 30.8. The lowest BCUT2D eigenvalue weighted by Crippen LogP contribution is -2.21. The molecule has 2 heterocycles. The number of rotatable bonds is 3. The van der Waals surface area contributed by atoms with Crippen molar-refractivity contribution in [3.63, 3.8) is 0 Å². The molecule has 0 unspecified atom stereocenters. The summed E-state index contributed by atoms with van der Waals surface area (Å²) in [6, 6.07) is 15.9. The third-order valence-corrected chi connectivity index (χ3v) is 3.86. The van der Waals surface area contributed by atoms with E-state index in [4.69, 9.17) is 9.47 Å². The van der Waals surface area contributed by atoms with Crippen LogP contribution < -0.4 is 20.5 Å². The molecule has 0 bridgehead atoms. The summed E-state index contributed by atoms with van der Waals surface area (Å²) < 4.78 is 11.0. The van der Waals surface area contributed by atoms with E-state index in [9.17, 15) is 9.59 Å². The van der Waals surface area contributed by atoms with Crippen molar-refractivity contribution < 1.29 is 14.3 Å². The Morgan fingerprint density at radius 1 is 1.00 bits per heavy atom. The number of nitrogens with one attached hydrogen (secondary N) is 2. The van der Waals surface area contributed by atoms with Crippen LogP contribution in [0.4, 0.5) is 5.69 Å². The van der Waals surface area contributed by atoms with Crippen molar-refractivity contribution in [2.75, 3.05) is 18.5 Å². The summed E-state index contributed by atoms with van der Waals surface area (Å²) in [5.74, 6) is 0.763. The second kappa shape index (κ2) is 6.72. The summed E-state index contributed by atoms with van der Waals surface area (Å²) in [6.45, 7) is 0.960. The molecular weight excluding hydrogens is 334 g/mol. The van der Waals surface area contributed by atoms with Gasteiger partial charge in [-0.15, -0.1) is 0 Å². The van der Waals surface area contributed by atoms with E-state index in [2.05, 4.69) is 15.3 Å². The maximum absolute atomic E-state index is 12.5. The second-order valence-corrected chi connectivity index (χ2v) is 5.66. The smallest absolute Gasteiger partial charge is 0.346 e. The van der Waals surface area contributed by atoms with Crippen molar-refractivity contribution in [1.29, 1.82) is 0 Å². The summed E-state index contributed by atoms with van der Waals surface area (Å²) >= 11 is 0. The molecule has 3 aromatic rings. The van der Waals surface area contributed by atoms with Crippen LogP contribution in [-0.2, 0) is 0 Å². The van der Waals surface area contributed by atoms with Crippen LogP contribution in [0.25, 0.3) is 11.3 Å². The minimum atomic E-state index is -0.585. The molecule has 0 aliphatic carbocycles. The van der Waals surface area contributed by atoms with Crippen LogP contribution in [0.3, 0.4) is 0 Å². The standard InChI is InChI=1S/C19H15N3O4/c23-18(20-13-6-7-16-17(10-13)26-9-8-25-16)15-11-14(21-19(24)22-15)12-4-2-1-3-5-12/h1-7,10-11H,8-9H2,(H,20,23)(H,21,22,24). The molecule has 2 N–H and O–H groups in total. The van der Waals surface area contributed by atoms with Crippen molar-refractivity contribution in [3.8, 4) is 22.8 Å². The van der Waals surface area contributed by atoms with Gasteiger partial charge in [-0.25, -0.2) is 4.79 Å². The van der Waals surface area contributed by atoms with Crippen LogP contribution in [0.15, 0.2) is 59.4 Å². The maximum Gasteiger partial charge on any atom is 0.346 e. The number of aromatic amines is 1. The minimum absolute atomic E-state index is 0.124. The molecule has 0 spiro atoms. The summed E-state index contributed by atoms with van der Waals surface area (Å²) in [5, 5.41) is 2.74. The van der Waals surface area contributed by atoms with Gasteiger partial charge in [0.05, 0.1) is 5.69 Å². The van der Waals surface area contributed by atoms with E-state index in [0.29, 0.717) is 36.1 Å². The summed E-state index contributed by atoms with van der Waals surface area (Å²) in [6.07, 6.45) is 0. The Morgan fingerprint density at radius 3 is 2.58 bits per heavy atom. The van der Waals surface area contributed by atoms with E-state index in [1.807, 2.05) is 30.3 Å². The SMILES string of the molecule is O=C(Nc1ccc2c(c1)OCCO2)c1cc(-c2ccccc2)nc(=O)[nH]1. The molecule has 0 radical (unpaired) electrons. The lowest BCUT2D eigenvalue weighted by Gasteiger charge is -2.19. The molecule has 0 saturated heterocycles. The first-order chi connectivity index (χ1) is 12.7. The van der Waals surface area contributed by atoms with Crippen LogP contribution in [-0.4, -0.2) is 29.1 Å². The van der Waals surface area contributed by atoms with Gasteiger partial charge in [-0.3, -0.25) is 4.79 Å². The number of fused-ring (bicyclic) bond motifs is 1. The number of amides is 1. The van der Waals surface area contributed by atoms with E-state index < -0.39 is 11.6 Å². The van der Waals surface area contributed by atoms with Gasteiger partial charge in [-0.05, 0) is 18.2 Å². The molecule has 4 rings (SSSR count). The number of benzene rings is 2. The zero-order chi connectivity index (χ0) is 17.9. The molecule has 0 saturated carbocycles. The first kappa shape index (κ1) is 15.9. The van der Waals surface area contributed by atoms with Gasteiger partial charge in [0, 0.05) is 17.3 Å². The monoisotopic (exact) mass is 349 g/mol. The fourth-order valence-corrected chi connectivity index (χ4v) is 2.66. The number of carbonyl (C=O) groups is 1. The Bertz CT molecular complexity index is 1010. The maximum atomic E-state index is 12.5. The molecule has 2 aromatic carbocycles. The molecule has 1 amide bonds. The highest BCUT2D eigenvalue weighted by atomic mass is 16.6. The molecule has 1 aromatic heterocycles. The van der Waals surface area contributed by atoms with Gasteiger partial charge in [0.25, 0.3) is 5.91 Å². The third-order valence-electron chi connectivity index (χ3n) is 3.86. The predicted octanol–water partition coefficient (Wildman–Crippen LogP) is 2.46. The van der Waals surface area contributed by atoms with Crippen molar-refractivity contribution in [1.82, 2.24) is 9.97 Å². The Labute approximate surface area is 148 Å². The highest BCUT2D eigenvalue weighted by molar-refractivity contribution is 6.03. The molecule has 26 heavy (non-hydrogen) atoms. The lowest BCUT2D eigenvalue weighted by molar-refractivity contribution is 0.102. The normalized spacial score (nSPS) is 12.5. The van der Waals surface area contributed by atoms with Gasteiger partial charge in [0.2, 0.25) is 0 Å². The van der Waals surface area contributed by atoms with Gasteiger partial charge in [-0.1, -0.05) is 30.3 Å². The molecule has 1 aliphatic heterocycles. The number of H-pyrrole nitrogens is 1. The van der Waals surface area contributed by atoms with Gasteiger partial charge < -0.3 is 19.8 Å². The number of nitrogens with zero attached hydrogens (tertiary/aromatic N) is 1. The molecule has 7 heteroatoms. The van der Waals surface area contributed by atoms with E-state index in [1.165, 1.54) is 0 Å². The summed E-state index contributed by atoms with van der Waals surface area (Å²) in [5.41, 5.74) is 1.27. The molecule has 1 aliphatic rings. The fraction of sp³-hybridized carbons (Fsp3) is 0.105. The van der Waals surface area contributed by atoms with E-state index in [-0.39, 0.29) is 5.69 Å². The fourth-order valence-electron chi connectivity index (χ4n) is 2.66. The number of hydrogen-bond acceptors (Lipinski definition) is 5. The van der Waals surface area contributed by atoms with Gasteiger partial charge in [0.1, 0.15) is 18.9 Å². The number of ether oxygens (including phenoxy) is 2. The molecule has 0 atom stereocenters. The second-order valence-electron chi connectivity index (χ2n) is 5.66. The topological polar surface area (TPSA) is 93.3 Å². The quantitative estimate of drug-likeness (QED) is 0.758. The Hall–Kier alpha value is -3.61. The number of hydrogen-bond donors (Lipinski definition) is 2. The van der Waals surface area contributed by atoms with E-state index in [0.717, 1.165) is 5.56 Å². The average molecular weight is 349 g/mol. The van der Waals surface area contributed by atoms with Crippen molar-refractivity contribution >= 4 is 11.6 Å². The number of aromatic nitrogens is 2. The first-order valence-corrected chi connectivity index (χ1v) is 8.07. The summed E-state index contributed by atoms with van der Waals surface area (Å²) in [7, 11) is 0. The van der Waals surface area contributed by atoms with E-state index in [1.54, 1.807) is 24.3 Å². The predicted molar refractivity (Wildman–Crippen MR) is 95.7 cm³/mol. The van der Waals surface area contributed by atoms with Crippen LogP contribution in [0.2, 0.25) is 0 Å². The van der Waals surface area contributed by atoms with Crippen LogP contribution in [0.5, 0.6) is 11.5 Å². The molecular formula is C19H15N3O4. The minimum Gasteiger partial charge on any atom is -0.486 e. The van der Waals surface area contributed by atoms with Crippen LogP contribution in [0, 0.1) is 0 Å².